The third-order valence-electron chi connectivity index (χ3n) is 2.80. The van der Waals surface area contributed by atoms with Gasteiger partial charge in [-0.2, -0.15) is 0 Å². The van der Waals surface area contributed by atoms with Gasteiger partial charge in [0.15, 0.2) is 0 Å². The molecule has 2 rings (SSSR count). The Bertz CT molecular complexity index is 522. The summed E-state index contributed by atoms with van der Waals surface area (Å²) in [4.78, 5) is 12.1. The summed E-state index contributed by atoms with van der Waals surface area (Å²) in [5.41, 5.74) is 1.76. The molecule has 3 heteroatoms. The Hall–Kier alpha value is -1.80. The molecule has 1 amide bonds. The molecule has 0 heterocycles. The van der Waals surface area contributed by atoms with Crippen molar-refractivity contribution in [3.05, 3.63) is 65.2 Å². The molecule has 0 saturated heterocycles. The summed E-state index contributed by atoms with van der Waals surface area (Å²) in [6, 6.07) is 16.8. The van der Waals surface area contributed by atoms with Crippen molar-refractivity contribution < 1.29 is 4.79 Å². The molecule has 0 spiro atoms. The number of hydrogen-bond donors (Lipinski definition) is 1. The summed E-state index contributed by atoms with van der Waals surface area (Å²) in [5, 5.41) is 3.53. The van der Waals surface area contributed by atoms with Crippen molar-refractivity contribution in [3.63, 3.8) is 0 Å². The fourth-order valence-corrected chi connectivity index (χ4v) is 1.80. The smallest absolute Gasteiger partial charge is 0.231 e. The highest BCUT2D eigenvalue weighted by Crippen LogP contribution is 2.18. The molecule has 2 aromatic carbocycles. The highest BCUT2D eigenvalue weighted by Gasteiger charge is 2.14. The van der Waals surface area contributed by atoms with Crippen LogP contribution >= 0.6 is 11.6 Å². The van der Waals surface area contributed by atoms with Gasteiger partial charge < -0.3 is 5.32 Å². The van der Waals surface area contributed by atoms with Gasteiger partial charge in [-0.1, -0.05) is 41.9 Å². The Balaban J connectivity index is 2.06. The Kier molecular flexibility index (Phi) is 4.00. The number of anilines is 1. The van der Waals surface area contributed by atoms with E-state index in [9.17, 15) is 4.79 Å². The molecule has 0 saturated carbocycles. The van der Waals surface area contributed by atoms with Crippen molar-refractivity contribution in [3.8, 4) is 0 Å². The zero-order valence-corrected chi connectivity index (χ0v) is 10.8. The molecule has 0 aliphatic rings. The fraction of sp³-hybridized carbons (Fsp3) is 0.133. The number of amides is 1. The lowest BCUT2D eigenvalue weighted by atomic mass is 10.0. The first-order valence-electron chi connectivity index (χ1n) is 5.78. The average molecular weight is 260 g/mol. The second-order valence-corrected chi connectivity index (χ2v) is 4.56. The largest absolute Gasteiger partial charge is 0.326 e. The predicted molar refractivity (Wildman–Crippen MR) is 74.9 cm³/mol. The van der Waals surface area contributed by atoms with Gasteiger partial charge in [-0.15, -0.1) is 0 Å². The van der Waals surface area contributed by atoms with Crippen LogP contribution in [0.3, 0.4) is 0 Å². The molecule has 0 aliphatic heterocycles. The third kappa shape index (κ3) is 3.11. The minimum atomic E-state index is -0.179. The molecule has 0 bridgehead atoms. The molecule has 0 aliphatic carbocycles. The van der Waals surface area contributed by atoms with Gasteiger partial charge in [-0.3, -0.25) is 4.79 Å². The van der Waals surface area contributed by atoms with E-state index in [1.54, 1.807) is 24.3 Å². The second-order valence-electron chi connectivity index (χ2n) is 4.13. The van der Waals surface area contributed by atoms with E-state index in [1.807, 2.05) is 37.3 Å². The van der Waals surface area contributed by atoms with E-state index in [2.05, 4.69) is 5.32 Å². The Labute approximate surface area is 112 Å². The van der Waals surface area contributed by atoms with Crippen molar-refractivity contribution >= 4 is 23.2 Å². The van der Waals surface area contributed by atoms with E-state index >= 15 is 0 Å². The van der Waals surface area contributed by atoms with E-state index in [0.29, 0.717) is 5.02 Å². The van der Waals surface area contributed by atoms with Crippen LogP contribution < -0.4 is 5.32 Å². The van der Waals surface area contributed by atoms with Gasteiger partial charge in [0.25, 0.3) is 0 Å². The molecule has 0 radical (unpaired) electrons. The first-order chi connectivity index (χ1) is 8.66. The number of carbonyl (C=O) groups is 1. The van der Waals surface area contributed by atoms with Crippen LogP contribution in [-0.4, -0.2) is 5.91 Å². The first kappa shape index (κ1) is 12.7. The Morgan fingerprint density at radius 1 is 1.06 bits per heavy atom. The number of nitrogens with one attached hydrogen (secondary N) is 1. The minimum absolute atomic E-state index is 0.0245. The lowest BCUT2D eigenvalue weighted by molar-refractivity contribution is -0.117. The lowest BCUT2D eigenvalue weighted by Crippen LogP contribution is -2.18. The number of halogens is 1. The molecule has 92 valence electrons. The predicted octanol–water partition coefficient (Wildman–Crippen LogP) is 4.08. The van der Waals surface area contributed by atoms with Gasteiger partial charge in [0.05, 0.1) is 5.92 Å². The van der Waals surface area contributed by atoms with E-state index in [0.717, 1.165) is 11.3 Å². The van der Waals surface area contributed by atoms with Crippen LogP contribution in [0, 0.1) is 0 Å². The van der Waals surface area contributed by atoms with Gasteiger partial charge in [0.2, 0.25) is 5.91 Å². The molecule has 2 nitrogen and oxygen atoms in total. The molecular weight excluding hydrogens is 246 g/mol. The van der Waals surface area contributed by atoms with Gasteiger partial charge in [-0.05, 0) is 36.8 Å². The zero-order chi connectivity index (χ0) is 13.0. The van der Waals surface area contributed by atoms with E-state index in [4.69, 9.17) is 11.6 Å². The number of benzene rings is 2. The molecule has 0 unspecified atom stereocenters. The van der Waals surface area contributed by atoms with Crippen LogP contribution in [0.5, 0.6) is 0 Å². The summed E-state index contributed by atoms with van der Waals surface area (Å²) in [6.45, 7) is 1.89. The molecule has 2 aromatic rings. The van der Waals surface area contributed by atoms with E-state index < -0.39 is 0 Å². The molecule has 1 N–H and O–H groups in total. The standard InChI is InChI=1S/C15H14ClNO/c1-11(12-5-3-2-4-6-12)15(18)17-14-9-7-13(16)8-10-14/h2-11H,1H3,(H,17,18)/t11-/m1/s1. The maximum Gasteiger partial charge on any atom is 0.231 e. The minimum Gasteiger partial charge on any atom is -0.326 e. The Morgan fingerprint density at radius 3 is 2.28 bits per heavy atom. The summed E-state index contributed by atoms with van der Waals surface area (Å²) in [5.74, 6) is -0.203. The van der Waals surface area contributed by atoms with Gasteiger partial charge in [0, 0.05) is 10.7 Å². The molecule has 18 heavy (non-hydrogen) atoms. The monoisotopic (exact) mass is 259 g/mol. The third-order valence-corrected chi connectivity index (χ3v) is 3.06. The molecule has 0 fully saturated rings. The summed E-state index contributed by atoms with van der Waals surface area (Å²) < 4.78 is 0. The topological polar surface area (TPSA) is 29.1 Å². The van der Waals surface area contributed by atoms with Crippen LogP contribution in [0.4, 0.5) is 5.69 Å². The Morgan fingerprint density at radius 2 is 1.67 bits per heavy atom. The van der Waals surface area contributed by atoms with Crippen LogP contribution in [0.15, 0.2) is 54.6 Å². The molecular formula is C15H14ClNO. The van der Waals surface area contributed by atoms with Gasteiger partial charge in [-0.25, -0.2) is 0 Å². The number of carbonyl (C=O) groups excluding carboxylic acids is 1. The van der Waals surface area contributed by atoms with Crippen molar-refractivity contribution in [2.45, 2.75) is 12.8 Å². The van der Waals surface area contributed by atoms with Crippen molar-refractivity contribution in [1.29, 1.82) is 0 Å². The SMILES string of the molecule is C[C@@H](C(=O)Nc1ccc(Cl)cc1)c1ccccc1. The normalized spacial score (nSPS) is 11.9. The quantitative estimate of drug-likeness (QED) is 0.884. The average Bonchev–Trinajstić information content (AvgIpc) is 2.41. The van der Waals surface area contributed by atoms with E-state index in [1.165, 1.54) is 0 Å². The first-order valence-corrected chi connectivity index (χ1v) is 6.16. The maximum absolute atomic E-state index is 12.1. The maximum atomic E-state index is 12.1. The van der Waals surface area contributed by atoms with E-state index in [-0.39, 0.29) is 11.8 Å². The summed E-state index contributed by atoms with van der Waals surface area (Å²) >= 11 is 5.79. The summed E-state index contributed by atoms with van der Waals surface area (Å²) in [6.07, 6.45) is 0. The number of rotatable bonds is 3. The van der Waals surface area contributed by atoms with Gasteiger partial charge >= 0.3 is 0 Å². The van der Waals surface area contributed by atoms with Crippen LogP contribution in [0.1, 0.15) is 18.4 Å². The fourth-order valence-electron chi connectivity index (χ4n) is 1.68. The zero-order valence-electron chi connectivity index (χ0n) is 10.1. The van der Waals surface area contributed by atoms with Crippen LogP contribution in [-0.2, 0) is 4.79 Å². The van der Waals surface area contributed by atoms with Crippen molar-refractivity contribution in [2.24, 2.45) is 0 Å². The van der Waals surface area contributed by atoms with Crippen molar-refractivity contribution in [1.82, 2.24) is 0 Å². The molecule has 0 aromatic heterocycles. The second kappa shape index (κ2) is 5.69. The van der Waals surface area contributed by atoms with Crippen LogP contribution in [0.25, 0.3) is 0 Å². The van der Waals surface area contributed by atoms with Crippen LogP contribution in [0.2, 0.25) is 5.02 Å². The number of hydrogen-bond acceptors (Lipinski definition) is 1. The molecule has 1 atom stereocenters. The summed E-state index contributed by atoms with van der Waals surface area (Å²) in [7, 11) is 0. The highest BCUT2D eigenvalue weighted by atomic mass is 35.5. The lowest BCUT2D eigenvalue weighted by Gasteiger charge is -2.12. The van der Waals surface area contributed by atoms with Gasteiger partial charge in [0.1, 0.15) is 0 Å². The highest BCUT2D eigenvalue weighted by molar-refractivity contribution is 6.30. The van der Waals surface area contributed by atoms with Crippen molar-refractivity contribution in [2.75, 3.05) is 5.32 Å².